The molecule has 0 bridgehead atoms. The van der Waals surface area contributed by atoms with Gasteiger partial charge in [-0.1, -0.05) is 18.2 Å². The smallest absolute Gasteiger partial charge is 0.269 e. The van der Waals surface area contributed by atoms with Crippen LogP contribution in [0.4, 0.5) is 5.69 Å². The molecule has 0 amide bonds. The Bertz CT molecular complexity index is 1000. The van der Waals surface area contributed by atoms with E-state index < -0.39 is 10.9 Å². The third-order valence-electron chi connectivity index (χ3n) is 4.09. The van der Waals surface area contributed by atoms with Crippen LogP contribution in [-0.2, 0) is 11.2 Å². The number of benzene rings is 2. The van der Waals surface area contributed by atoms with Crippen molar-refractivity contribution in [2.75, 3.05) is 0 Å². The van der Waals surface area contributed by atoms with Crippen LogP contribution in [0.2, 0.25) is 0 Å². The second-order valence-corrected chi connectivity index (χ2v) is 5.57. The SMILES string of the molecule is Cc1c(CC(=O)[O-])c2ccccc2n1C(=O)c1ccc([N+](=O)[O-])cc1. The summed E-state index contributed by atoms with van der Waals surface area (Å²) in [5.41, 5.74) is 1.77. The van der Waals surface area contributed by atoms with E-state index in [0.717, 1.165) is 0 Å². The summed E-state index contributed by atoms with van der Waals surface area (Å²) in [7, 11) is 0. The van der Waals surface area contributed by atoms with Crippen LogP contribution < -0.4 is 5.11 Å². The van der Waals surface area contributed by atoms with E-state index in [2.05, 4.69) is 0 Å². The summed E-state index contributed by atoms with van der Waals surface area (Å²) in [4.78, 5) is 34.1. The highest BCUT2D eigenvalue weighted by Crippen LogP contribution is 2.27. The molecule has 0 aliphatic heterocycles. The van der Waals surface area contributed by atoms with E-state index in [9.17, 15) is 24.8 Å². The highest BCUT2D eigenvalue weighted by atomic mass is 16.6. The van der Waals surface area contributed by atoms with Gasteiger partial charge in [0.15, 0.2) is 0 Å². The van der Waals surface area contributed by atoms with Crippen molar-refractivity contribution in [1.29, 1.82) is 0 Å². The van der Waals surface area contributed by atoms with Gasteiger partial charge in [0, 0.05) is 41.2 Å². The number of carbonyl (C=O) groups excluding carboxylic acids is 2. The number of rotatable bonds is 4. The van der Waals surface area contributed by atoms with E-state index in [1.807, 2.05) is 0 Å². The van der Waals surface area contributed by atoms with Crippen LogP contribution in [-0.4, -0.2) is 21.4 Å². The lowest BCUT2D eigenvalue weighted by atomic mass is 10.1. The van der Waals surface area contributed by atoms with E-state index in [1.54, 1.807) is 31.2 Å². The summed E-state index contributed by atoms with van der Waals surface area (Å²) in [6.07, 6.45) is -0.299. The van der Waals surface area contributed by atoms with E-state index in [4.69, 9.17) is 0 Å². The number of nitro groups is 1. The van der Waals surface area contributed by atoms with Gasteiger partial charge in [-0.05, 0) is 30.7 Å². The van der Waals surface area contributed by atoms with Crippen LogP contribution in [0, 0.1) is 17.0 Å². The van der Waals surface area contributed by atoms with Crippen molar-refractivity contribution >= 4 is 28.5 Å². The van der Waals surface area contributed by atoms with Crippen LogP contribution in [0.5, 0.6) is 0 Å². The zero-order valence-electron chi connectivity index (χ0n) is 13.3. The molecule has 7 nitrogen and oxygen atoms in total. The zero-order chi connectivity index (χ0) is 18.1. The number of aromatic nitrogens is 1. The minimum atomic E-state index is -1.23. The standard InChI is InChI=1S/C18H14N2O5/c1-11-15(10-17(21)22)14-4-2-3-5-16(14)19(11)18(23)12-6-8-13(9-7-12)20(24)25/h2-9H,10H2,1H3,(H,21,22)/p-1. The molecule has 0 unspecified atom stereocenters. The predicted molar refractivity (Wildman–Crippen MR) is 88.2 cm³/mol. The van der Waals surface area contributed by atoms with Gasteiger partial charge in [0.25, 0.3) is 11.6 Å². The number of carboxylic acids is 1. The van der Waals surface area contributed by atoms with E-state index in [-0.39, 0.29) is 23.6 Å². The molecule has 25 heavy (non-hydrogen) atoms. The number of aliphatic carboxylic acids is 1. The maximum absolute atomic E-state index is 12.9. The van der Waals surface area contributed by atoms with Crippen molar-refractivity contribution in [1.82, 2.24) is 4.57 Å². The van der Waals surface area contributed by atoms with E-state index in [1.165, 1.54) is 28.8 Å². The fourth-order valence-corrected chi connectivity index (χ4v) is 2.92. The number of para-hydroxylation sites is 1. The average molecular weight is 337 g/mol. The molecular weight excluding hydrogens is 324 g/mol. The molecule has 0 aliphatic carbocycles. The monoisotopic (exact) mass is 337 g/mol. The van der Waals surface area contributed by atoms with Gasteiger partial charge in [0.2, 0.25) is 0 Å². The number of carbonyl (C=O) groups is 2. The van der Waals surface area contributed by atoms with Gasteiger partial charge >= 0.3 is 0 Å². The molecule has 0 saturated heterocycles. The summed E-state index contributed by atoms with van der Waals surface area (Å²) in [5.74, 6) is -1.61. The number of carboxylic acid groups (broad SMARTS) is 1. The number of nitro benzene ring substituents is 1. The second kappa shape index (κ2) is 6.20. The summed E-state index contributed by atoms with van der Waals surface area (Å²) in [6, 6.07) is 12.3. The topological polar surface area (TPSA) is 105 Å². The first-order valence-corrected chi connectivity index (χ1v) is 7.48. The lowest BCUT2D eigenvalue weighted by Crippen LogP contribution is -2.24. The van der Waals surface area contributed by atoms with E-state index in [0.29, 0.717) is 22.2 Å². The van der Waals surface area contributed by atoms with Gasteiger partial charge in [-0.15, -0.1) is 0 Å². The number of hydrogen-bond acceptors (Lipinski definition) is 5. The van der Waals surface area contributed by atoms with Crippen molar-refractivity contribution in [3.05, 3.63) is 75.5 Å². The molecule has 126 valence electrons. The fourth-order valence-electron chi connectivity index (χ4n) is 2.92. The Balaban J connectivity index is 2.14. The van der Waals surface area contributed by atoms with Crippen molar-refractivity contribution in [2.24, 2.45) is 0 Å². The number of non-ortho nitro benzene ring substituents is 1. The van der Waals surface area contributed by atoms with Gasteiger partial charge in [0.1, 0.15) is 0 Å². The summed E-state index contributed by atoms with van der Waals surface area (Å²) in [5, 5.41) is 22.5. The lowest BCUT2D eigenvalue weighted by molar-refractivity contribution is -0.384. The Morgan fingerprint density at radius 3 is 2.32 bits per heavy atom. The molecule has 0 N–H and O–H groups in total. The summed E-state index contributed by atoms with van der Waals surface area (Å²) >= 11 is 0. The molecule has 0 atom stereocenters. The van der Waals surface area contributed by atoms with Crippen LogP contribution in [0.3, 0.4) is 0 Å². The molecule has 1 heterocycles. The third-order valence-corrected chi connectivity index (χ3v) is 4.09. The number of fused-ring (bicyclic) bond motifs is 1. The zero-order valence-corrected chi connectivity index (χ0v) is 13.3. The van der Waals surface area contributed by atoms with Gasteiger partial charge < -0.3 is 9.90 Å². The van der Waals surface area contributed by atoms with Crippen LogP contribution >= 0.6 is 0 Å². The Morgan fingerprint density at radius 2 is 1.72 bits per heavy atom. The van der Waals surface area contributed by atoms with Crippen LogP contribution in [0.25, 0.3) is 10.9 Å². The van der Waals surface area contributed by atoms with Crippen LogP contribution in [0.1, 0.15) is 21.6 Å². The Kier molecular flexibility index (Phi) is 4.06. The first kappa shape index (κ1) is 16.4. The van der Waals surface area contributed by atoms with Gasteiger partial charge in [0.05, 0.1) is 10.4 Å². The number of nitrogens with zero attached hydrogens (tertiary/aromatic N) is 2. The minimum absolute atomic E-state index is 0.108. The molecule has 2 aromatic carbocycles. The number of hydrogen-bond donors (Lipinski definition) is 0. The summed E-state index contributed by atoms with van der Waals surface area (Å²) in [6.45, 7) is 1.67. The molecule has 0 saturated carbocycles. The Hall–Kier alpha value is -3.48. The predicted octanol–water partition coefficient (Wildman–Crippen LogP) is 1.84. The quantitative estimate of drug-likeness (QED) is 0.533. The molecule has 0 spiro atoms. The second-order valence-electron chi connectivity index (χ2n) is 5.57. The van der Waals surface area contributed by atoms with Crippen molar-refractivity contribution in [2.45, 2.75) is 13.3 Å². The van der Waals surface area contributed by atoms with Crippen molar-refractivity contribution in [3.8, 4) is 0 Å². The molecule has 7 heteroatoms. The molecule has 3 rings (SSSR count). The highest BCUT2D eigenvalue weighted by Gasteiger charge is 2.20. The van der Waals surface area contributed by atoms with Gasteiger partial charge in [-0.2, -0.15) is 0 Å². The average Bonchev–Trinajstić information content (AvgIpc) is 2.86. The maximum atomic E-state index is 12.9. The highest BCUT2D eigenvalue weighted by molar-refractivity contribution is 6.04. The largest absolute Gasteiger partial charge is 0.550 e. The van der Waals surface area contributed by atoms with E-state index >= 15 is 0 Å². The third kappa shape index (κ3) is 2.87. The van der Waals surface area contributed by atoms with Gasteiger partial charge in [-0.3, -0.25) is 19.5 Å². The molecule has 0 fully saturated rings. The lowest BCUT2D eigenvalue weighted by Gasteiger charge is -2.08. The first-order chi connectivity index (χ1) is 11.9. The molecule has 1 aromatic heterocycles. The van der Waals surface area contributed by atoms with Crippen LogP contribution in [0.15, 0.2) is 48.5 Å². The molecular formula is C18H13N2O5-. The van der Waals surface area contributed by atoms with Gasteiger partial charge in [-0.25, -0.2) is 0 Å². The first-order valence-electron chi connectivity index (χ1n) is 7.48. The molecule has 3 aromatic rings. The van der Waals surface area contributed by atoms with Crippen molar-refractivity contribution < 1.29 is 19.6 Å². The minimum Gasteiger partial charge on any atom is -0.550 e. The molecule has 0 aliphatic rings. The Morgan fingerprint density at radius 1 is 1.08 bits per heavy atom. The maximum Gasteiger partial charge on any atom is 0.269 e. The normalized spacial score (nSPS) is 10.8. The molecule has 0 radical (unpaired) electrons. The fraction of sp³-hybridized carbons (Fsp3) is 0.111. The Labute approximate surface area is 142 Å². The summed E-state index contributed by atoms with van der Waals surface area (Å²) < 4.78 is 1.43. The van der Waals surface area contributed by atoms with Crippen molar-refractivity contribution in [3.63, 3.8) is 0 Å².